The first-order chi connectivity index (χ1) is 8.78. The molecule has 0 bridgehead atoms. The van der Waals surface area contributed by atoms with Gasteiger partial charge in [-0.2, -0.15) is 0 Å². The number of likely N-dealkylation sites (tertiary alicyclic amines) is 1. The molecule has 19 heavy (non-hydrogen) atoms. The second-order valence-electron chi connectivity index (χ2n) is 6.98. The van der Waals surface area contributed by atoms with Gasteiger partial charge in [0.05, 0.1) is 6.10 Å². The van der Waals surface area contributed by atoms with Crippen LogP contribution in [0.2, 0.25) is 0 Å². The summed E-state index contributed by atoms with van der Waals surface area (Å²) in [5.74, 6) is 0.287. The lowest BCUT2D eigenvalue weighted by Gasteiger charge is -2.34. The highest BCUT2D eigenvalue weighted by Crippen LogP contribution is 2.21. The van der Waals surface area contributed by atoms with Crippen LogP contribution >= 0.6 is 0 Å². The summed E-state index contributed by atoms with van der Waals surface area (Å²) in [6, 6.07) is 0.498. The number of rotatable bonds is 5. The quantitative estimate of drug-likeness (QED) is 0.800. The number of nitrogens with zero attached hydrogens (tertiary/aromatic N) is 1. The Morgan fingerprint density at radius 2 is 1.95 bits per heavy atom. The van der Waals surface area contributed by atoms with Crippen LogP contribution in [-0.4, -0.2) is 47.7 Å². The summed E-state index contributed by atoms with van der Waals surface area (Å²) >= 11 is 0. The van der Waals surface area contributed by atoms with E-state index in [9.17, 15) is 9.90 Å². The Hall–Kier alpha value is -0.610. The molecule has 1 rings (SSSR count). The van der Waals surface area contributed by atoms with Crippen molar-refractivity contribution in [1.29, 1.82) is 0 Å². The molecule has 0 aromatic heterocycles. The van der Waals surface area contributed by atoms with Crippen LogP contribution in [0.4, 0.5) is 0 Å². The molecular weight excluding hydrogens is 240 g/mol. The summed E-state index contributed by atoms with van der Waals surface area (Å²) < 4.78 is 0. The Bertz CT molecular complexity index is 276. The second-order valence-corrected chi connectivity index (χ2v) is 6.98. The first-order valence-corrected chi connectivity index (χ1v) is 7.47. The highest BCUT2D eigenvalue weighted by Gasteiger charge is 2.25. The Kier molecular flexibility index (Phi) is 6.27. The normalized spacial score (nSPS) is 19.5. The largest absolute Gasteiger partial charge is 0.393 e. The number of carbonyl (C=O) groups excluding carboxylic acids is 1. The van der Waals surface area contributed by atoms with E-state index in [0.717, 1.165) is 38.9 Å². The van der Waals surface area contributed by atoms with Crippen LogP contribution in [0.5, 0.6) is 0 Å². The van der Waals surface area contributed by atoms with Crippen molar-refractivity contribution >= 4 is 5.91 Å². The van der Waals surface area contributed by atoms with Gasteiger partial charge in [-0.15, -0.1) is 0 Å². The molecule has 1 fully saturated rings. The number of carbonyl (C=O) groups is 1. The summed E-state index contributed by atoms with van der Waals surface area (Å²) in [5.41, 5.74) is 0.0729. The standard InChI is InChI=1S/C15H30N2O2/c1-12(18)5-8-16-13-6-9-17(10-7-13)14(19)11-15(2,3)4/h12-13,16,18H,5-11H2,1-4H3. The molecule has 0 saturated carbocycles. The van der Waals surface area contributed by atoms with Gasteiger partial charge in [-0.3, -0.25) is 4.79 Å². The number of nitrogens with one attached hydrogen (secondary N) is 1. The first kappa shape index (κ1) is 16.4. The maximum atomic E-state index is 12.1. The van der Waals surface area contributed by atoms with Gasteiger partial charge in [-0.25, -0.2) is 0 Å². The molecule has 0 spiro atoms. The van der Waals surface area contributed by atoms with Gasteiger partial charge in [0.25, 0.3) is 0 Å². The molecule has 0 radical (unpaired) electrons. The lowest BCUT2D eigenvalue weighted by Crippen LogP contribution is -2.46. The molecule has 1 atom stereocenters. The minimum Gasteiger partial charge on any atom is -0.393 e. The fourth-order valence-electron chi connectivity index (χ4n) is 2.39. The van der Waals surface area contributed by atoms with E-state index in [1.54, 1.807) is 0 Å². The van der Waals surface area contributed by atoms with Gasteiger partial charge in [-0.1, -0.05) is 20.8 Å². The number of amides is 1. The minimum absolute atomic E-state index is 0.0729. The maximum absolute atomic E-state index is 12.1. The van der Waals surface area contributed by atoms with Crippen molar-refractivity contribution < 1.29 is 9.90 Å². The van der Waals surface area contributed by atoms with Crippen LogP contribution in [0.25, 0.3) is 0 Å². The lowest BCUT2D eigenvalue weighted by atomic mass is 9.91. The van der Waals surface area contributed by atoms with Crippen LogP contribution in [-0.2, 0) is 4.79 Å². The molecule has 4 nitrogen and oxygen atoms in total. The van der Waals surface area contributed by atoms with Crippen LogP contribution < -0.4 is 5.32 Å². The average molecular weight is 270 g/mol. The highest BCUT2D eigenvalue weighted by atomic mass is 16.3. The predicted octanol–water partition coefficient (Wildman–Crippen LogP) is 1.77. The number of hydrogen-bond acceptors (Lipinski definition) is 3. The van der Waals surface area contributed by atoms with Crippen molar-refractivity contribution in [3.05, 3.63) is 0 Å². The summed E-state index contributed by atoms with van der Waals surface area (Å²) in [6.45, 7) is 10.7. The third-order valence-corrected chi connectivity index (χ3v) is 3.52. The molecule has 2 N–H and O–H groups in total. The van der Waals surface area contributed by atoms with E-state index in [0.29, 0.717) is 12.5 Å². The van der Waals surface area contributed by atoms with Crippen LogP contribution in [0.3, 0.4) is 0 Å². The van der Waals surface area contributed by atoms with Gasteiger partial charge >= 0.3 is 0 Å². The van der Waals surface area contributed by atoms with Gasteiger partial charge in [0.2, 0.25) is 5.91 Å². The van der Waals surface area contributed by atoms with Gasteiger partial charge in [0.1, 0.15) is 0 Å². The molecule has 1 saturated heterocycles. The fraction of sp³-hybridized carbons (Fsp3) is 0.933. The van der Waals surface area contributed by atoms with Crippen molar-refractivity contribution in [2.45, 2.75) is 65.5 Å². The van der Waals surface area contributed by atoms with E-state index in [-0.39, 0.29) is 17.4 Å². The molecule has 112 valence electrons. The third-order valence-electron chi connectivity index (χ3n) is 3.52. The fourth-order valence-corrected chi connectivity index (χ4v) is 2.39. The number of aliphatic hydroxyl groups is 1. The first-order valence-electron chi connectivity index (χ1n) is 7.47. The molecule has 0 aromatic carbocycles. The number of hydrogen-bond donors (Lipinski definition) is 2. The Morgan fingerprint density at radius 1 is 1.37 bits per heavy atom. The van der Waals surface area contributed by atoms with Gasteiger partial charge in [0, 0.05) is 25.6 Å². The monoisotopic (exact) mass is 270 g/mol. The topological polar surface area (TPSA) is 52.6 Å². The molecule has 1 aliphatic rings. The van der Waals surface area contributed by atoms with E-state index in [2.05, 4.69) is 26.1 Å². The molecule has 1 aliphatic heterocycles. The molecule has 1 amide bonds. The van der Waals surface area contributed by atoms with E-state index in [4.69, 9.17) is 0 Å². The number of aliphatic hydroxyl groups excluding tert-OH is 1. The van der Waals surface area contributed by atoms with E-state index in [1.807, 2.05) is 11.8 Å². The van der Waals surface area contributed by atoms with Crippen molar-refractivity contribution in [1.82, 2.24) is 10.2 Å². The van der Waals surface area contributed by atoms with Gasteiger partial charge < -0.3 is 15.3 Å². The predicted molar refractivity (Wildman–Crippen MR) is 78.0 cm³/mol. The molecule has 0 aromatic rings. The van der Waals surface area contributed by atoms with Crippen molar-refractivity contribution in [3.63, 3.8) is 0 Å². The van der Waals surface area contributed by atoms with Gasteiger partial charge in [-0.05, 0) is 38.1 Å². The second kappa shape index (κ2) is 7.25. The summed E-state index contributed by atoms with van der Waals surface area (Å²) in [5, 5.41) is 12.7. The Morgan fingerprint density at radius 3 is 2.42 bits per heavy atom. The summed E-state index contributed by atoms with van der Waals surface area (Å²) in [6.07, 6.45) is 3.24. The van der Waals surface area contributed by atoms with Crippen LogP contribution in [0.1, 0.15) is 53.4 Å². The zero-order chi connectivity index (χ0) is 14.5. The van der Waals surface area contributed by atoms with Crippen LogP contribution in [0.15, 0.2) is 0 Å². The van der Waals surface area contributed by atoms with E-state index < -0.39 is 0 Å². The zero-order valence-electron chi connectivity index (χ0n) is 12.9. The van der Waals surface area contributed by atoms with Crippen molar-refractivity contribution in [3.8, 4) is 0 Å². The lowest BCUT2D eigenvalue weighted by molar-refractivity contribution is -0.134. The summed E-state index contributed by atoms with van der Waals surface area (Å²) in [7, 11) is 0. The van der Waals surface area contributed by atoms with Crippen molar-refractivity contribution in [2.75, 3.05) is 19.6 Å². The number of piperidine rings is 1. The third kappa shape index (κ3) is 6.92. The van der Waals surface area contributed by atoms with E-state index >= 15 is 0 Å². The summed E-state index contributed by atoms with van der Waals surface area (Å²) in [4.78, 5) is 14.1. The Labute approximate surface area is 117 Å². The molecule has 0 aliphatic carbocycles. The molecular formula is C15H30N2O2. The average Bonchev–Trinajstić information content (AvgIpc) is 2.27. The Balaban J connectivity index is 2.23. The molecule has 1 unspecified atom stereocenters. The van der Waals surface area contributed by atoms with E-state index in [1.165, 1.54) is 0 Å². The molecule has 4 heteroatoms. The SMILES string of the molecule is CC(O)CCNC1CCN(C(=O)CC(C)(C)C)CC1. The molecule has 1 heterocycles. The maximum Gasteiger partial charge on any atom is 0.223 e. The smallest absolute Gasteiger partial charge is 0.223 e. The zero-order valence-corrected chi connectivity index (χ0v) is 12.9. The van der Waals surface area contributed by atoms with Crippen LogP contribution in [0, 0.1) is 5.41 Å². The highest BCUT2D eigenvalue weighted by molar-refractivity contribution is 5.76. The minimum atomic E-state index is -0.235. The van der Waals surface area contributed by atoms with Gasteiger partial charge in [0.15, 0.2) is 0 Å². The van der Waals surface area contributed by atoms with Crippen molar-refractivity contribution in [2.24, 2.45) is 5.41 Å².